The van der Waals surface area contributed by atoms with Crippen molar-refractivity contribution in [2.45, 2.75) is 6.10 Å². The molecule has 2 aromatic carbocycles. The molecule has 0 unspecified atom stereocenters. The van der Waals surface area contributed by atoms with E-state index < -0.39 is 11.6 Å². The molecule has 3 aromatic rings. The van der Waals surface area contributed by atoms with Gasteiger partial charge in [0.15, 0.2) is 11.6 Å². The first-order valence-corrected chi connectivity index (χ1v) is 7.72. The molecule has 1 aromatic heterocycles. The molecule has 1 saturated heterocycles. The van der Waals surface area contributed by atoms with E-state index in [4.69, 9.17) is 9.47 Å². The fraction of sp³-hybridized carbons (Fsp3) is 0.167. The van der Waals surface area contributed by atoms with Crippen LogP contribution in [0.5, 0.6) is 5.75 Å². The van der Waals surface area contributed by atoms with Crippen LogP contribution in [0.15, 0.2) is 42.6 Å². The average molecular weight is 344 g/mol. The minimum atomic E-state index is -0.968. The van der Waals surface area contributed by atoms with Gasteiger partial charge in [0.2, 0.25) is 0 Å². The zero-order valence-electron chi connectivity index (χ0n) is 13.0. The van der Waals surface area contributed by atoms with Gasteiger partial charge in [0, 0.05) is 23.2 Å². The second kappa shape index (κ2) is 6.18. The Hall–Kier alpha value is -2.93. The molecule has 0 bridgehead atoms. The van der Waals surface area contributed by atoms with Crippen LogP contribution >= 0.6 is 0 Å². The summed E-state index contributed by atoms with van der Waals surface area (Å²) in [5.41, 5.74) is 1.21. The Kier molecular flexibility index (Phi) is 3.85. The van der Waals surface area contributed by atoms with Crippen molar-refractivity contribution < 1.29 is 23.0 Å². The Bertz CT molecular complexity index is 933. The van der Waals surface area contributed by atoms with Crippen molar-refractivity contribution in [3.05, 3.63) is 59.8 Å². The maximum absolute atomic E-state index is 13.4. The zero-order chi connectivity index (χ0) is 17.4. The fourth-order valence-electron chi connectivity index (χ4n) is 2.57. The van der Waals surface area contributed by atoms with Crippen molar-refractivity contribution in [3.63, 3.8) is 0 Å². The van der Waals surface area contributed by atoms with Gasteiger partial charge in [-0.15, -0.1) is 0 Å². The fourth-order valence-corrected chi connectivity index (χ4v) is 2.57. The van der Waals surface area contributed by atoms with E-state index in [1.54, 1.807) is 24.3 Å². The molecule has 1 aliphatic heterocycles. The Morgan fingerprint density at radius 1 is 1.16 bits per heavy atom. The van der Waals surface area contributed by atoms with Gasteiger partial charge in [-0.2, -0.15) is 0 Å². The minimum Gasteiger partial charge on any atom is -0.486 e. The maximum atomic E-state index is 13.4. The lowest BCUT2D eigenvalue weighted by atomic mass is 10.2. The highest BCUT2D eigenvalue weighted by Gasteiger charge is 2.20. The normalized spacial score (nSPS) is 14.3. The van der Waals surface area contributed by atoms with Crippen LogP contribution in [-0.4, -0.2) is 30.2 Å². The van der Waals surface area contributed by atoms with Gasteiger partial charge in [0.1, 0.15) is 11.9 Å². The number of rotatable bonds is 4. The van der Waals surface area contributed by atoms with Crippen LogP contribution in [0, 0.1) is 11.6 Å². The second-order valence-electron chi connectivity index (χ2n) is 5.77. The highest BCUT2D eigenvalue weighted by molar-refractivity contribution is 6.09. The molecule has 5 nitrogen and oxygen atoms in total. The van der Waals surface area contributed by atoms with Crippen LogP contribution in [0.1, 0.15) is 10.4 Å². The smallest absolute Gasteiger partial charge is 0.255 e. The van der Waals surface area contributed by atoms with Gasteiger partial charge < -0.3 is 19.8 Å². The SMILES string of the molecule is O=C(Nc1c[nH]c2cc(F)c(F)cc12)c1ccc(OC2COC2)cc1. The van der Waals surface area contributed by atoms with Gasteiger partial charge in [-0.3, -0.25) is 4.79 Å². The summed E-state index contributed by atoms with van der Waals surface area (Å²) < 4.78 is 37.3. The number of hydrogen-bond acceptors (Lipinski definition) is 3. The summed E-state index contributed by atoms with van der Waals surface area (Å²) in [6, 6.07) is 8.79. The van der Waals surface area contributed by atoms with E-state index in [1.165, 1.54) is 6.20 Å². The van der Waals surface area contributed by atoms with Crippen LogP contribution in [0.3, 0.4) is 0 Å². The molecule has 0 aliphatic carbocycles. The number of carbonyl (C=O) groups is 1. The van der Waals surface area contributed by atoms with E-state index in [2.05, 4.69) is 10.3 Å². The summed E-state index contributed by atoms with van der Waals surface area (Å²) in [5.74, 6) is -1.61. The van der Waals surface area contributed by atoms with E-state index in [0.29, 0.717) is 41.1 Å². The molecular formula is C18H14F2N2O3. The Balaban J connectivity index is 1.50. The number of carbonyl (C=O) groups excluding carboxylic acids is 1. The molecule has 4 rings (SSSR count). The molecule has 25 heavy (non-hydrogen) atoms. The highest BCUT2D eigenvalue weighted by Crippen LogP contribution is 2.26. The quantitative estimate of drug-likeness (QED) is 0.762. The molecule has 0 radical (unpaired) electrons. The monoisotopic (exact) mass is 344 g/mol. The number of H-pyrrole nitrogens is 1. The number of hydrogen-bond donors (Lipinski definition) is 2. The number of amides is 1. The summed E-state index contributed by atoms with van der Waals surface area (Å²) in [6.45, 7) is 1.14. The van der Waals surface area contributed by atoms with Crippen LogP contribution in [-0.2, 0) is 4.74 Å². The minimum absolute atomic E-state index is 0.0567. The van der Waals surface area contributed by atoms with Crippen molar-refractivity contribution >= 4 is 22.5 Å². The standard InChI is InChI=1S/C18H14F2N2O3/c19-14-5-13-16(6-15(14)20)21-7-17(13)22-18(23)10-1-3-11(4-2-10)25-12-8-24-9-12/h1-7,12,21H,8-9H2,(H,22,23). The molecule has 1 amide bonds. The summed E-state index contributed by atoms with van der Waals surface area (Å²) in [6.07, 6.45) is 1.55. The van der Waals surface area contributed by atoms with Crippen LogP contribution in [0.2, 0.25) is 0 Å². The van der Waals surface area contributed by atoms with Gasteiger partial charge >= 0.3 is 0 Å². The number of aromatic nitrogens is 1. The lowest BCUT2D eigenvalue weighted by molar-refractivity contribution is -0.0796. The molecular weight excluding hydrogens is 330 g/mol. The number of nitrogens with one attached hydrogen (secondary N) is 2. The third-order valence-electron chi connectivity index (χ3n) is 4.00. The topological polar surface area (TPSA) is 63.4 Å². The largest absolute Gasteiger partial charge is 0.486 e. The van der Waals surface area contributed by atoms with Crippen molar-refractivity contribution in [3.8, 4) is 5.75 Å². The Labute approximate surface area is 141 Å². The average Bonchev–Trinajstić information content (AvgIpc) is 2.94. The molecule has 2 heterocycles. The Morgan fingerprint density at radius 2 is 1.88 bits per heavy atom. The van der Waals surface area contributed by atoms with Crippen molar-refractivity contribution in [1.29, 1.82) is 0 Å². The van der Waals surface area contributed by atoms with E-state index in [9.17, 15) is 13.6 Å². The summed E-state index contributed by atoms with van der Waals surface area (Å²) in [7, 11) is 0. The highest BCUT2D eigenvalue weighted by atomic mass is 19.2. The lowest BCUT2D eigenvalue weighted by Gasteiger charge is -2.26. The molecule has 1 fully saturated rings. The van der Waals surface area contributed by atoms with Gasteiger partial charge in [0.05, 0.1) is 24.4 Å². The first-order valence-electron chi connectivity index (χ1n) is 7.72. The van der Waals surface area contributed by atoms with E-state index in [0.717, 1.165) is 12.1 Å². The van der Waals surface area contributed by atoms with Gasteiger partial charge in [-0.05, 0) is 30.3 Å². The first kappa shape index (κ1) is 15.6. The number of fused-ring (bicyclic) bond motifs is 1. The summed E-state index contributed by atoms with van der Waals surface area (Å²) >= 11 is 0. The Morgan fingerprint density at radius 3 is 2.56 bits per heavy atom. The van der Waals surface area contributed by atoms with Gasteiger partial charge in [-0.1, -0.05) is 0 Å². The molecule has 7 heteroatoms. The number of benzene rings is 2. The molecule has 1 aliphatic rings. The van der Waals surface area contributed by atoms with Crippen LogP contribution in [0.25, 0.3) is 10.9 Å². The number of halogens is 2. The number of ether oxygens (including phenoxy) is 2. The predicted molar refractivity (Wildman–Crippen MR) is 87.8 cm³/mol. The summed E-state index contributed by atoms with van der Waals surface area (Å²) in [5, 5.41) is 3.09. The van der Waals surface area contributed by atoms with Crippen LogP contribution < -0.4 is 10.1 Å². The zero-order valence-corrected chi connectivity index (χ0v) is 13.0. The number of anilines is 1. The maximum Gasteiger partial charge on any atom is 0.255 e. The molecule has 0 atom stereocenters. The van der Waals surface area contributed by atoms with Crippen molar-refractivity contribution in [2.24, 2.45) is 0 Å². The summed E-state index contributed by atoms with van der Waals surface area (Å²) in [4.78, 5) is 15.2. The van der Waals surface area contributed by atoms with Crippen LogP contribution in [0.4, 0.5) is 14.5 Å². The van der Waals surface area contributed by atoms with E-state index in [1.807, 2.05) is 0 Å². The van der Waals surface area contributed by atoms with Crippen molar-refractivity contribution in [1.82, 2.24) is 4.98 Å². The van der Waals surface area contributed by atoms with Crippen molar-refractivity contribution in [2.75, 3.05) is 18.5 Å². The lowest BCUT2D eigenvalue weighted by Crippen LogP contribution is -2.38. The molecule has 0 spiro atoms. The molecule has 0 saturated carbocycles. The van der Waals surface area contributed by atoms with E-state index in [-0.39, 0.29) is 12.0 Å². The second-order valence-corrected chi connectivity index (χ2v) is 5.77. The van der Waals surface area contributed by atoms with E-state index >= 15 is 0 Å². The molecule has 2 N–H and O–H groups in total. The first-order chi connectivity index (χ1) is 12.1. The van der Waals surface area contributed by atoms with Gasteiger partial charge in [-0.25, -0.2) is 8.78 Å². The predicted octanol–water partition coefficient (Wildman–Crippen LogP) is 3.48. The number of aromatic amines is 1. The molecule has 128 valence electrons. The van der Waals surface area contributed by atoms with Gasteiger partial charge in [0.25, 0.3) is 5.91 Å². The third-order valence-corrected chi connectivity index (χ3v) is 4.00. The third kappa shape index (κ3) is 3.06.